The number of ether oxygens (including phenoxy) is 1. The molecule has 3 nitrogen and oxygen atoms in total. The van der Waals surface area contributed by atoms with Gasteiger partial charge in [0.25, 0.3) is 0 Å². The summed E-state index contributed by atoms with van der Waals surface area (Å²) in [6.07, 6.45) is 6.32. The van der Waals surface area contributed by atoms with Crippen molar-refractivity contribution >= 4 is 0 Å². The maximum Gasteiger partial charge on any atom is 0.0698 e. The first-order chi connectivity index (χ1) is 7.35. The largest absolute Gasteiger partial charge is 0.394 e. The van der Waals surface area contributed by atoms with E-state index in [9.17, 15) is 0 Å². The first-order valence-corrected chi connectivity index (χ1v) is 6.27. The van der Waals surface area contributed by atoms with Crippen LogP contribution in [0, 0.1) is 0 Å². The molecule has 92 valence electrons. The maximum absolute atomic E-state index is 8.53. The lowest BCUT2D eigenvalue weighted by Crippen LogP contribution is -2.32. The normalized spacial score (nSPS) is 13.0. The summed E-state index contributed by atoms with van der Waals surface area (Å²) in [6, 6.07) is 0.646. The van der Waals surface area contributed by atoms with E-state index in [1.807, 2.05) is 0 Å². The van der Waals surface area contributed by atoms with Crippen LogP contribution in [-0.4, -0.2) is 37.5 Å². The molecule has 0 heterocycles. The van der Waals surface area contributed by atoms with Crippen molar-refractivity contribution in [3.05, 3.63) is 0 Å². The van der Waals surface area contributed by atoms with Gasteiger partial charge in [-0.1, -0.05) is 33.1 Å². The van der Waals surface area contributed by atoms with E-state index in [1.165, 1.54) is 32.1 Å². The van der Waals surface area contributed by atoms with Gasteiger partial charge in [-0.3, -0.25) is 0 Å². The third kappa shape index (κ3) is 10.2. The monoisotopic (exact) mass is 217 g/mol. The van der Waals surface area contributed by atoms with Crippen LogP contribution in [0.1, 0.15) is 46.0 Å². The second-order valence-corrected chi connectivity index (χ2v) is 3.92. The van der Waals surface area contributed by atoms with E-state index in [0.717, 1.165) is 6.54 Å². The molecule has 2 N–H and O–H groups in total. The first kappa shape index (κ1) is 14.9. The molecule has 0 saturated heterocycles. The second kappa shape index (κ2) is 12.0. The Bertz CT molecular complexity index is 120. The number of rotatable bonds is 11. The summed E-state index contributed by atoms with van der Waals surface area (Å²) in [5.41, 5.74) is 0. The molecular formula is C12H27NO2. The highest BCUT2D eigenvalue weighted by atomic mass is 16.5. The molecule has 0 radical (unpaired) electrons. The van der Waals surface area contributed by atoms with Gasteiger partial charge in [0, 0.05) is 12.6 Å². The fourth-order valence-electron chi connectivity index (χ4n) is 1.65. The highest BCUT2D eigenvalue weighted by molar-refractivity contribution is 4.65. The highest BCUT2D eigenvalue weighted by Gasteiger charge is 2.05. The molecule has 0 spiro atoms. The molecule has 0 aromatic heterocycles. The van der Waals surface area contributed by atoms with Crippen molar-refractivity contribution in [1.82, 2.24) is 5.32 Å². The molecule has 0 aromatic rings. The lowest BCUT2D eigenvalue weighted by Gasteiger charge is -2.17. The van der Waals surface area contributed by atoms with Crippen LogP contribution in [0.4, 0.5) is 0 Å². The third-order valence-electron chi connectivity index (χ3n) is 2.46. The number of unbranched alkanes of at least 4 members (excludes halogenated alkanes) is 1. The zero-order chi connectivity index (χ0) is 11.4. The van der Waals surface area contributed by atoms with Gasteiger partial charge >= 0.3 is 0 Å². The van der Waals surface area contributed by atoms with Gasteiger partial charge in [-0.15, -0.1) is 0 Å². The smallest absolute Gasteiger partial charge is 0.0698 e. The molecule has 0 saturated carbocycles. The Morgan fingerprint density at radius 3 is 2.53 bits per heavy atom. The summed E-state index contributed by atoms with van der Waals surface area (Å²) in [5, 5.41) is 12.0. The fraction of sp³-hybridized carbons (Fsp3) is 1.00. The van der Waals surface area contributed by atoms with Crippen LogP contribution in [0.3, 0.4) is 0 Å². The van der Waals surface area contributed by atoms with Crippen LogP contribution in [0.5, 0.6) is 0 Å². The van der Waals surface area contributed by atoms with Crippen molar-refractivity contribution in [2.75, 3.05) is 26.4 Å². The highest BCUT2D eigenvalue weighted by Crippen LogP contribution is 2.06. The van der Waals surface area contributed by atoms with Crippen LogP contribution >= 0.6 is 0 Å². The van der Waals surface area contributed by atoms with Crippen molar-refractivity contribution in [2.24, 2.45) is 0 Å². The molecule has 0 aliphatic carbocycles. The molecule has 15 heavy (non-hydrogen) atoms. The molecule has 1 atom stereocenters. The minimum Gasteiger partial charge on any atom is -0.394 e. The second-order valence-electron chi connectivity index (χ2n) is 3.92. The molecular weight excluding hydrogens is 190 g/mol. The number of nitrogens with one attached hydrogen (secondary N) is 1. The molecule has 1 unspecified atom stereocenters. The Kier molecular flexibility index (Phi) is 11.9. The standard InChI is InChI=1S/C12H27NO2/c1-3-5-7-12(6-4-2)13-8-10-15-11-9-14/h12-14H,3-11H2,1-2H3. The first-order valence-electron chi connectivity index (χ1n) is 6.27. The minimum absolute atomic E-state index is 0.119. The van der Waals surface area contributed by atoms with Crippen LogP contribution in [0.15, 0.2) is 0 Å². The Balaban J connectivity index is 3.38. The summed E-state index contributed by atoms with van der Waals surface area (Å²) in [5.74, 6) is 0. The van der Waals surface area contributed by atoms with Gasteiger partial charge in [-0.05, 0) is 12.8 Å². The number of aliphatic hydroxyl groups is 1. The lowest BCUT2D eigenvalue weighted by atomic mass is 10.1. The SMILES string of the molecule is CCCCC(CCC)NCCOCCO. The van der Waals surface area contributed by atoms with Gasteiger partial charge in [0.1, 0.15) is 0 Å². The summed E-state index contributed by atoms with van der Waals surface area (Å²) in [4.78, 5) is 0. The zero-order valence-electron chi connectivity index (χ0n) is 10.3. The van der Waals surface area contributed by atoms with E-state index < -0.39 is 0 Å². The molecule has 0 aliphatic heterocycles. The average molecular weight is 217 g/mol. The van der Waals surface area contributed by atoms with Crippen LogP contribution in [0.2, 0.25) is 0 Å². The van der Waals surface area contributed by atoms with Gasteiger partial charge in [-0.2, -0.15) is 0 Å². The Hall–Kier alpha value is -0.120. The van der Waals surface area contributed by atoms with Crippen LogP contribution in [0.25, 0.3) is 0 Å². The summed E-state index contributed by atoms with van der Waals surface area (Å²) < 4.78 is 5.20. The molecule has 0 rings (SSSR count). The van der Waals surface area contributed by atoms with Gasteiger partial charge < -0.3 is 15.2 Å². The van der Waals surface area contributed by atoms with E-state index >= 15 is 0 Å². The number of hydrogen-bond donors (Lipinski definition) is 2. The molecule has 0 bridgehead atoms. The predicted molar refractivity (Wildman–Crippen MR) is 64.1 cm³/mol. The van der Waals surface area contributed by atoms with E-state index in [-0.39, 0.29) is 6.61 Å². The van der Waals surface area contributed by atoms with Crippen molar-refractivity contribution in [3.63, 3.8) is 0 Å². The average Bonchev–Trinajstić information content (AvgIpc) is 2.25. The third-order valence-corrected chi connectivity index (χ3v) is 2.46. The van der Waals surface area contributed by atoms with E-state index in [0.29, 0.717) is 19.3 Å². The van der Waals surface area contributed by atoms with E-state index in [2.05, 4.69) is 19.2 Å². The van der Waals surface area contributed by atoms with Crippen LogP contribution in [-0.2, 0) is 4.74 Å². The van der Waals surface area contributed by atoms with Gasteiger partial charge in [0.2, 0.25) is 0 Å². The zero-order valence-corrected chi connectivity index (χ0v) is 10.3. The summed E-state index contributed by atoms with van der Waals surface area (Å²) in [6.45, 7) is 6.63. The Labute approximate surface area is 94.2 Å². The molecule has 0 fully saturated rings. The van der Waals surface area contributed by atoms with Crippen molar-refractivity contribution < 1.29 is 9.84 Å². The van der Waals surface area contributed by atoms with Gasteiger partial charge in [-0.25, -0.2) is 0 Å². The van der Waals surface area contributed by atoms with E-state index in [1.54, 1.807) is 0 Å². The maximum atomic E-state index is 8.53. The molecule has 0 aliphatic rings. The lowest BCUT2D eigenvalue weighted by molar-refractivity contribution is 0.0922. The van der Waals surface area contributed by atoms with Gasteiger partial charge in [0.05, 0.1) is 19.8 Å². The van der Waals surface area contributed by atoms with Crippen molar-refractivity contribution in [1.29, 1.82) is 0 Å². The van der Waals surface area contributed by atoms with Crippen molar-refractivity contribution in [2.45, 2.75) is 52.0 Å². The fourth-order valence-corrected chi connectivity index (χ4v) is 1.65. The number of hydrogen-bond acceptors (Lipinski definition) is 3. The van der Waals surface area contributed by atoms with E-state index in [4.69, 9.17) is 9.84 Å². The predicted octanol–water partition coefficient (Wildman–Crippen LogP) is 1.94. The van der Waals surface area contributed by atoms with Gasteiger partial charge in [0.15, 0.2) is 0 Å². The van der Waals surface area contributed by atoms with Crippen molar-refractivity contribution in [3.8, 4) is 0 Å². The number of aliphatic hydroxyl groups excluding tert-OH is 1. The topological polar surface area (TPSA) is 41.5 Å². The minimum atomic E-state index is 0.119. The summed E-state index contributed by atoms with van der Waals surface area (Å²) in [7, 11) is 0. The molecule has 3 heteroatoms. The van der Waals surface area contributed by atoms with Crippen LogP contribution < -0.4 is 5.32 Å². The molecule has 0 amide bonds. The summed E-state index contributed by atoms with van der Waals surface area (Å²) >= 11 is 0. The Morgan fingerprint density at radius 1 is 1.13 bits per heavy atom. The molecule has 0 aromatic carbocycles. The Morgan fingerprint density at radius 2 is 1.93 bits per heavy atom. The quantitative estimate of drug-likeness (QED) is 0.520.